The van der Waals surface area contributed by atoms with Gasteiger partial charge in [-0.3, -0.25) is 9.88 Å². The molecule has 3 atom stereocenters. The number of halogens is 3. The molecule has 4 aliphatic rings. The Balaban J connectivity index is 1.27. The fourth-order valence-corrected chi connectivity index (χ4v) is 10.8. The first-order valence-corrected chi connectivity index (χ1v) is 18.0. The van der Waals surface area contributed by atoms with Crippen LogP contribution in [0.1, 0.15) is 51.0 Å². The summed E-state index contributed by atoms with van der Waals surface area (Å²) in [5.74, 6) is -0.911. The Bertz CT molecular complexity index is 2050. The summed E-state index contributed by atoms with van der Waals surface area (Å²) in [6, 6.07) is 5.64. The summed E-state index contributed by atoms with van der Waals surface area (Å²) in [5, 5.41) is 11.8. The van der Waals surface area contributed by atoms with Crippen molar-refractivity contribution in [3.8, 4) is 23.0 Å². The number of alkyl halides is 1. The summed E-state index contributed by atoms with van der Waals surface area (Å²) in [5.41, 5.74) is -0.115. The van der Waals surface area contributed by atoms with E-state index in [9.17, 15) is 22.3 Å². The van der Waals surface area contributed by atoms with Crippen LogP contribution in [0.3, 0.4) is 0 Å². The molecule has 0 amide bonds. The Morgan fingerprint density at radius 2 is 1.96 bits per heavy atom. The highest BCUT2D eigenvalue weighted by molar-refractivity contribution is 7.93. The van der Waals surface area contributed by atoms with Crippen molar-refractivity contribution in [2.75, 3.05) is 43.4 Å². The number of anilines is 1. The molecule has 248 valence electrons. The zero-order chi connectivity index (χ0) is 32.7. The highest BCUT2D eigenvalue weighted by Gasteiger charge is 2.52. The molecule has 1 spiro atoms. The van der Waals surface area contributed by atoms with Crippen molar-refractivity contribution in [1.82, 2.24) is 19.9 Å². The maximum absolute atomic E-state index is 16.9. The Labute approximate surface area is 270 Å². The van der Waals surface area contributed by atoms with Crippen LogP contribution < -0.4 is 9.64 Å². The van der Waals surface area contributed by atoms with Crippen LogP contribution in [0.25, 0.3) is 32.9 Å². The number of phenols is 1. The minimum Gasteiger partial charge on any atom is -0.508 e. The van der Waals surface area contributed by atoms with Crippen molar-refractivity contribution in [2.45, 2.75) is 68.3 Å². The van der Waals surface area contributed by atoms with E-state index in [1.165, 1.54) is 30.5 Å². The van der Waals surface area contributed by atoms with Crippen LogP contribution in [-0.2, 0) is 16.3 Å². The summed E-state index contributed by atoms with van der Waals surface area (Å²) < 4.78 is 77.8. The first kappa shape index (κ1) is 30.6. The molecule has 0 radical (unpaired) electrons. The number of aromatic hydroxyl groups is 1. The minimum atomic E-state index is -3.32. The molecule has 2 aromatic carbocycles. The molecule has 4 fully saturated rings. The number of nitrogens with zero attached hydrogens (tertiary/aromatic N) is 5. The monoisotopic (exact) mass is 667 g/mol. The highest BCUT2D eigenvalue weighted by atomic mass is 32.2. The average Bonchev–Trinajstić information content (AvgIpc) is 3.79. The summed E-state index contributed by atoms with van der Waals surface area (Å²) in [6.45, 7) is 3.66. The van der Waals surface area contributed by atoms with Gasteiger partial charge in [0, 0.05) is 37.8 Å². The maximum atomic E-state index is 16.9. The van der Waals surface area contributed by atoms with Crippen LogP contribution in [0.5, 0.6) is 11.8 Å². The van der Waals surface area contributed by atoms with Gasteiger partial charge in [0.05, 0.1) is 21.4 Å². The smallest absolute Gasteiger partial charge is 0.319 e. The highest BCUT2D eigenvalue weighted by Crippen LogP contribution is 2.45. The fraction of sp³-hybridized carbons (Fsp3) is 0.500. The van der Waals surface area contributed by atoms with Crippen molar-refractivity contribution >= 4 is 37.3 Å². The van der Waals surface area contributed by atoms with E-state index in [-0.39, 0.29) is 52.8 Å². The average molecular weight is 668 g/mol. The molecule has 8 rings (SSSR count). The molecule has 47 heavy (non-hydrogen) atoms. The van der Waals surface area contributed by atoms with E-state index < -0.39 is 37.9 Å². The zero-order valence-electron chi connectivity index (χ0n) is 26.1. The third-order valence-corrected chi connectivity index (χ3v) is 13.6. The SMILES string of the molecule is CCc1c(F)ccc2cc(O)cc(-c3ncc4c(N5CCC6(CCCS6(=O)=O)C5)nc(OC[C@]56CCCN5C[C@H](F)C6)nc4c3F)c12. The van der Waals surface area contributed by atoms with E-state index in [1.54, 1.807) is 6.92 Å². The van der Waals surface area contributed by atoms with E-state index >= 15 is 4.39 Å². The van der Waals surface area contributed by atoms with Crippen molar-refractivity contribution in [3.63, 3.8) is 0 Å². The molecule has 2 aromatic heterocycles. The molecule has 13 heteroatoms. The second-order valence-corrected chi connectivity index (χ2v) is 16.1. The van der Waals surface area contributed by atoms with Crippen molar-refractivity contribution in [3.05, 3.63) is 47.7 Å². The third-order valence-electron chi connectivity index (χ3n) is 11.0. The number of hydrogen-bond donors (Lipinski definition) is 1. The first-order valence-electron chi connectivity index (χ1n) is 16.3. The predicted octanol–water partition coefficient (Wildman–Crippen LogP) is 5.50. The van der Waals surface area contributed by atoms with E-state index in [4.69, 9.17) is 9.72 Å². The largest absolute Gasteiger partial charge is 0.508 e. The number of hydrogen-bond acceptors (Lipinski definition) is 9. The topological polar surface area (TPSA) is 109 Å². The van der Waals surface area contributed by atoms with Crippen LogP contribution in [-0.4, -0.2) is 88.4 Å². The van der Waals surface area contributed by atoms with E-state index in [1.807, 2.05) is 4.90 Å². The molecule has 1 unspecified atom stereocenters. The van der Waals surface area contributed by atoms with Gasteiger partial charge in [0.1, 0.15) is 41.4 Å². The van der Waals surface area contributed by atoms with Gasteiger partial charge >= 0.3 is 6.01 Å². The second-order valence-electron chi connectivity index (χ2n) is 13.6. The number of fused-ring (bicyclic) bond motifs is 3. The van der Waals surface area contributed by atoms with Gasteiger partial charge in [-0.05, 0) is 79.6 Å². The van der Waals surface area contributed by atoms with Crippen LogP contribution in [0.15, 0.2) is 30.5 Å². The number of ether oxygens (including phenoxy) is 1. The van der Waals surface area contributed by atoms with Crippen molar-refractivity contribution < 1.29 is 31.4 Å². The van der Waals surface area contributed by atoms with Gasteiger partial charge in [-0.1, -0.05) is 13.0 Å². The van der Waals surface area contributed by atoms with Crippen molar-refractivity contribution in [2.24, 2.45) is 0 Å². The van der Waals surface area contributed by atoms with Gasteiger partial charge in [0.15, 0.2) is 15.7 Å². The molecule has 9 nitrogen and oxygen atoms in total. The molecule has 0 bridgehead atoms. The van der Waals surface area contributed by atoms with Crippen LogP contribution in [0.2, 0.25) is 0 Å². The number of aryl methyl sites for hydroxylation is 1. The maximum Gasteiger partial charge on any atom is 0.319 e. The summed E-state index contributed by atoms with van der Waals surface area (Å²) in [7, 11) is -3.32. The molecule has 4 aliphatic heterocycles. The Kier molecular flexibility index (Phi) is 7.11. The van der Waals surface area contributed by atoms with Gasteiger partial charge in [0.2, 0.25) is 0 Å². The molecule has 4 aromatic rings. The van der Waals surface area contributed by atoms with Gasteiger partial charge < -0.3 is 14.7 Å². The Morgan fingerprint density at radius 1 is 1.11 bits per heavy atom. The zero-order valence-corrected chi connectivity index (χ0v) is 26.9. The van der Waals surface area contributed by atoms with E-state index in [2.05, 4.69) is 14.9 Å². The third kappa shape index (κ3) is 4.74. The lowest BCUT2D eigenvalue weighted by atomic mass is 9.94. The molecule has 0 aliphatic carbocycles. The fourth-order valence-electron chi connectivity index (χ4n) is 8.63. The Morgan fingerprint density at radius 3 is 2.74 bits per heavy atom. The van der Waals surface area contributed by atoms with Gasteiger partial charge in [-0.2, -0.15) is 9.97 Å². The number of aromatic nitrogens is 3. The lowest BCUT2D eigenvalue weighted by Gasteiger charge is -2.31. The predicted molar refractivity (Wildman–Crippen MR) is 172 cm³/mol. The number of phenolic OH excluding ortho intramolecular Hbond substituents is 1. The Hall–Kier alpha value is -3.71. The summed E-state index contributed by atoms with van der Waals surface area (Å²) in [6.07, 6.45) is 4.44. The summed E-state index contributed by atoms with van der Waals surface area (Å²) >= 11 is 0. The molecular formula is C34H36F3N5O4S. The quantitative estimate of drug-likeness (QED) is 0.285. The minimum absolute atomic E-state index is 0.0910. The molecule has 1 N–H and O–H groups in total. The first-order chi connectivity index (χ1) is 22.5. The van der Waals surface area contributed by atoms with Crippen molar-refractivity contribution in [1.29, 1.82) is 0 Å². The van der Waals surface area contributed by atoms with Gasteiger partial charge in [-0.15, -0.1) is 0 Å². The van der Waals surface area contributed by atoms with E-state index in [0.29, 0.717) is 67.3 Å². The molecular weight excluding hydrogens is 631 g/mol. The second kappa shape index (κ2) is 10.9. The van der Waals surface area contributed by atoms with Crippen LogP contribution in [0.4, 0.5) is 19.0 Å². The number of rotatable bonds is 6. The number of sulfone groups is 1. The van der Waals surface area contributed by atoms with Gasteiger partial charge in [0.25, 0.3) is 0 Å². The van der Waals surface area contributed by atoms with Crippen LogP contribution >= 0.6 is 0 Å². The number of benzene rings is 2. The standard InChI is InChI=1S/C34H36F3N5O4S/c1-2-23-26(36)6-5-20-13-22(43)14-24(27(20)23)29-28(37)30-25(16-38-29)31(41-11-9-34(18-41)8-4-12-47(34,44)45)40-32(39-30)46-19-33-7-3-10-42(33)17-21(35)15-33/h5-6,13-14,16,21,43H,2-4,7-12,15,17-19H2,1H3/t21-,33-,34?/m1/s1. The number of pyridine rings is 1. The molecule has 0 saturated carbocycles. The summed E-state index contributed by atoms with van der Waals surface area (Å²) in [4.78, 5) is 17.7. The molecule has 4 saturated heterocycles. The van der Waals surface area contributed by atoms with E-state index in [0.717, 1.165) is 19.4 Å². The normalized spacial score (nSPS) is 27.1. The van der Waals surface area contributed by atoms with Gasteiger partial charge in [-0.25, -0.2) is 21.6 Å². The lowest BCUT2D eigenvalue weighted by molar-refractivity contribution is 0.107. The van der Waals surface area contributed by atoms with Crippen LogP contribution in [0, 0.1) is 11.6 Å². The molecule has 6 heterocycles. The lowest BCUT2D eigenvalue weighted by Crippen LogP contribution is -2.43.